The highest BCUT2D eigenvalue weighted by molar-refractivity contribution is 5.76. The van der Waals surface area contributed by atoms with Crippen LogP contribution in [-0.2, 0) is 14.3 Å². The third-order valence-electron chi connectivity index (χ3n) is 10.3. The van der Waals surface area contributed by atoms with Crippen molar-refractivity contribution in [3.63, 3.8) is 0 Å². The van der Waals surface area contributed by atoms with E-state index >= 15 is 0 Å². The van der Waals surface area contributed by atoms with Crippen LogP contribution in [0, 0.1) is 0 Å². The number of ether oxygens (including phenoxy) is 2. The van der Waals surface area contributed by atoms with Crippen molar-refractivity contribution in [2.45, 2.75) is 230 Å². The number of carbonyl (C=O) groups excluding carboxylic acids is 1. The van der Waals surface area contributed by atoms with Crippen LogP contribution in [0.25, 0.3) is 0 Å². The fourth-order valence-corrected chi connectivity index (χ4v) is 6.74. The zero-order chi connectivity index (χ0) is 38.1. The van der Waals surface area contributed by atoms with Gasteiger partial charge in [-0.1, -0.05) is 160 Å². The molecule has 0 bridgehead atoms. The van der Waals surface area contributed by atoms with Gasteiger partial charge < -0.3 is 40.3 Å². The first-order valence-corrected chi connectivity index (χ1v) is 21.6. The summed E-state index contributed by atoms with van der Waals surface area (Å²) in [6.45, 7) is 3.74. The highest BCUT2D eigenvalue weighted by Crippen LogP contribution is 2.22. The Kier molecular flexibility index (Phi) is 32.0. The average Bonchev–Trinajstić information content (AvgIpc) is 3.14. The Morgan fingerprint density at radius 2 is 1.08 bits per heavy atom. The van der Waals surface area contributed by atoms with E-state index in [4.69, 9.17) is 9.47 Å². The van der Waals surface area contributed by atoms with Crippen molar-refractivity contribution in [1.29, 1.82) is 0 Å². The van der Waals surface area contributed by atoms with Gasteiger partial charge in [0, 0.05) is 6.42 Å². The lowest BCUT2D eigenvalue weighted by Gasteiger charge is -2.40. The van der Waals surface area contributed by atoms with E-state index in [2.05, 4.69) is 31.3 Å². The summed E-state index contributed by atoms with van der Waals surface area (Å²) in [5.41, 5.74) is 0. The maximum atomic E-state index is 12.9. The SMILES string of the molecule is CCCCCC/C=C\CCCCCCCC(=O)NC(COC1OC(CO)C(O)C(O)C1O)C(O)/C=C/CCCCCCCCCCCCCCCC. The standard InChI is InChI=1S/C43H81NO8/c1-3-5-7-9-11-13-15-17-18-19-21-22-24-26-28-30-32-37(46)36(35-51-43-42(50)41(49)40(48)38(34-45)52-43)44-39(47)33-31-29-27-25-23-20-16-14-12-10-8-6-4-2/h14,16,30,32,36-38,40-43,45-46,48-50H,3-13,15,17-29,31,33-35H2,1-2H3,(H,44,47)/b16-14-,32-30+. The highest BCUT2D eigenvalue weighted by Gasteiger charge is 2.44. The summed E-state index contributed by atoms with van der Waals surface area (Å²) in [6.07, 6.45) is 32.1. The summed E-state index contributed by atoms with van der Waals surface area (Å²) >= 11 is 0. The quantitative estimate of drug-likeness (QED) is 0.0281. The van der Waals surface area contributed by atoms with Crippen molar-refractivity contribution < 1.29 is 39.8 Å². The molecule has 0 aromatic rings. The Hall–Kier alpha value is -1.33. The lowest BCUT2D eigenvalue weighted by Crippen LogP contribution is -2.60. The fraction of sp³-hybridized carbons (Fsp3) is 0.884. The molecule has 1 heterocycles. The molecule has 9 heteroatoms. The molecule has 1 amide bonds. The van der Waals surface area contributed by atoms with Gasteiger partial charge in [0.2, 0.25) is 5.91 Å². The van der Waals surface area contributed by atoms with E-state index in [-0.39, 0.29) is 12.5 Å². The smallest absolute Gasteiger partial charge is 0.220 e. The van der Waals surface area contributed by atoms with Crippen LogP contribution < -0.4 is 5.32 Å². The zero-order valence-corrected chi connectivity index (χ0v) is 33.3. The topological polar surface area (TPSA) is 149 Å². The maximum absolute atomic E-state index is 12.9. The monoisotopic (exact) mass is 740 g/mol. The van der Waals surface area contributed by atoms with E-state index in [1.807, 2.05) is 6.08 Å². The summed E-state index contributed by atoms with van der Waals surface area (Å²) in [6, 6.07) is -0.804. The molecule has 306 valence electrons. The van der Waals surface area contributed by atoms with Crippen LogP contribution >= 0.6 is 0 Å². The number of rotatable bonds is 35. The molecular weight excluding hydrogens is 658 g/mol. The molecule has 0 saturated carbocycles. The summed E-state index contributed by atoms with van der Waals surface area (Å²) in [5, 5.41) is 54.0. The van der Waals surface area contributed by atoms with Crippen LogP contribution in [0.3, 0.4) is 0 Å². The van der Waals surface area contributed by atoms with Gasteiger partial charge in [-0.05, 0) is 44.9 Å². The van der Waals surface area contributed by atoms with Crippen molar-refractivity contribution in [2.24, 2.45) is 0 Å². The van der Waals surface area contributed by atoms with E-state index in [1.54, 1.807) is 6.08 Å². The van der Waals surface area contributed by atoms with Crippen LogP contribution in [0.5, 0.6) is 0 Å². The van der Waals surface area contributed by atoms with Crippen LogP contribution in [0.15, 0.2) is 24.3 Å². The van der Waals surface area contributed by atoms with Gasteiger partial charge >= 0.3 is 0 Å². The van der Waals surface area contributed by atoms with Gasteiger partial charge in [0.15, 0.2) is 6.29 Å². The maximum Gasteiger partial charge on any atom is 0.220 e. The molecule has 6 N–H and O–H groups in total. The first-order chi connectivity index (χ1) is 25.3. The predicted molar refractivity (Wildman–Crippen MR) is 212 cm³/mol. The van der Waals surface area contributed by atoms with Crippen molar-refractivity contribution in [2.75, 3.05) is 13.2 Å². The van der Waals surface area contributed by atoms with Crippen molar-refractivity contribution in [3.05, 3.63) is 24.3 Å². The number of hydrogen-bond donors (Lipinski definition) is 6. The molecule has 7 unspecified atom stereocenters. The van der Waals surface area contributed by atoms with Gasteiger partial charge in [-0.15, -0.1) is 0 Å². The van der Waals surface area contributed by atoms with Crippen LogP contribution in [0.1, 0.15) is 187 Å². The lowest BCUT2D eigenvalue weighted by molar-refractivity contribution is -0.302. The summed E-state index contributed by atoms with van der Waals surface area (Å²) in [4.78, 5) is 12.9. The molecular formula is C43H81NO8. The summed E-state index contributed by atoms with van der Waals surface area (Å²) in [7, 11) is 0. The lowest BCUT2D eigenvalue weighted by atomic mass is 9.99. The van der Waals surface area contributed by atoms with Crippen molar-refractivity contribution in [1.82, 2.24) is 5.32 Å². The molecule has 0 aromatic heterocycles. The second-order valence-electron chi connectivity index (χ2n) is 15.1. The molecule has 0 radical (unpaired) electrons. The van der Waals surface area contributed by atoms with Crippen LogP contribution in [0.2, 0.25) is 0 Å². The molecule has 0 spiro atoms. The largest absolute Gasteiger partial charge is 0.394 e. The molecule has 1 aliphatic rings. The number of hydrogen-bond acceptors (Lipinski definition) is 8. The van der Waals surface area contributed by atoms with E-state index < -0.39 is 49.5 Å². The Labute approximate surface area is 318 Å². The van der Waals surface area contributed by atoms with Gasteiger partial charge in [-0.3, -0.25) is 4.79 Å². The minimum atomic E-state index is -1.56. The fourth-order valence-electron chi connectivity index (χ4n) is 6.74. The van der Waals surface area contributed by atoms with Crippen LogP contribution in [-0.4, -0.2) is 87.5 Å². The Bertz CT molecular complexity index is 868. The molecule has 1 aliphatic heterocycles. The van der Waals surface area contributed by atoms with E-state index in [0.29, 0.717) is 6.42 Å². The number of unbranched alkanes of at least 4 members (excludes halogenated alkanes) is 23. The minimum Gasteiger partial charge on any atom is -0.394 e. The molecule has 1 saturated heterocycles. The van der Waals surface area contributed by atoms with Gasteiger partial charge in [-0.25, -0.2) is 0 Å². The molecule has 7 atom stereocenters. The molecule has 0 aliphatic carbocycles. The number of aliphatic hydroxyl groups is 5. The van der Waals surface area contributed by atoms with Gasteiger partial charge in [-0.2, -0.15) is 0 Å². The third kappa shape index (κ3) is 24.9. The first kappa shape index (κ1) is 48.7. The highest BCUT2D eigenvalue weighted by atomic mass is 16.7. The Morgan fingerprint density at radius 1 is 0.635 bits per heavy atom. The van der Waals surface area contributed by atoms with E-state index in [1.165, 1.54) is 109 Å². The normalized spacial score (nSPS) is 22.0. The van der Waals surface area contributed by atoms with E-state index in [0.717, 1.165) is 57.8 Å². The average molecular weight is 740 g/mol. The summed E-state index contributed by atoms with van der Waals surface area (Å²) in [5.74, 6) is -0.187. The van der Waals surface area contributed by atoms with Gasteiger partial charge in [0.1, 0.15) is 24.4 Å². The third-order valence-corrected chi connectivity index (χ3v) is 10.3. The molecule has 52 heavy (non-hydrogen) atoms. The van der Waals surface area contributed by atoms with Crippen molar-refractivity contribution in [3.8, 4) is 0 Å². The number of nitrogens with one attached hydrogen (secondary N) is 1. The number of carbonyl (C=O) groups is 1. The first-order valence-electron chi connectivity index (χ1n) is 21.6. The van der Waals surface area contributed by atoms with Gasteiger partial charge in [0.05, 0.1) is 25.4 Å². The van der Waals surface area contributed by atoms with Crippen molar-refractivity contribution >= 4 is 5.91 Å². The number of allylic oxidation sites excluding steroid dienone is 3. The predicted octanol–water partition coefficient (Wildman–Crippen LogP) is 8.33. The number of amides is 1. The second-order valence-corrected chi connectivity index (χ2v) is 15.1. The van der Waals surface area contributed by atoms with E-state index in [9.17, 15) is 30.3 Å². The second kappa shape index (κ2) is 34.2. The zero-order valence-electron chi connectivity index (χ0n) is 33.3. The Balaban J connectivity index is 2.41. The minimum absolute atomic E-state index is 0.187. The number of aliphatic hydroxyl groups excluding tert-OH is 5. The Morgan fingerprint density at radius 3 is 1.58 bits per heavy atom. The summed E-state index contributed by atoms with van der Waals surface area (Å²) < 4.78 is 11.2. The van der Waals surface area contributed by atoms with Crippen LogP contribution in [0.4, 0.5) is 0 Å². The molecule has 0 aromatic carbocycles. The van der Waals surface area contributed by atoms with Gasteiger partial charge in [0.25, 0.3) is 0 Å². The molecule has 1 rings (SSSR count). The molecule has 1 fully saturated rings. The molecule has 9 nitrogen and oxygen atoms in total.